The molecule has 0 aromatic carbocycles. The molecule has 1 amide bonds. The molecule has 12 nitrogen and oxygen atoms in total. The second-order valence-corrected chi connectivity index (χ2v) is 18.8. The van der Waals surface area contributed by atoms with Crippen LogP contribution in [-0.4, -0.2) is 119 Å². The topological polar surface area (TPSA) is 158 Å². The van der Waals surface area contributed by atoms with E-state index in [0.29, 0.717) is 36.0 Å². The third-order valence-electron chi connectivity index (χ3n) is 12.8. The van der Waals surface area contributed by atoms with Gasteiger partial charge in [0.1, 0.15) is 24.0 Å². The molecule has 3 heterocycles. The summed E-state index contributed by atoms with van der Waals surface area (Å²) in [5.41, 5.74) is 1.71. The van der Waals surface area contributed by atoms with Crippen molar-refractivity contribution in [3.63, 3.8) is 0 Å². The van der Waals surface area contributed by atoms with Crippen molar-refractivity contribution < 1.29 is 53.1 Å². The molecule has 3 fully saturated rings. The Labute approximate surface area is 353 Å². The largest absolute Gasteiger partial charge is 0.456 e. The van der Waals surface area contributed by atoms with Gasteiger partial charge in [0.25, 0.3) is 11.7 Å². The number of halogens is 1. The van der Waals surface area contributed by atoms with Crippen LogP contribution >= 0.6 is 22.6 Å². The number of cyclic esters (lactones) is 1. The average molecular weight is 914 g/mol. The smallest absolute Gasteiger partial charge is 0.329 e. The summed E-state index contributed by atoms with van der Waals surface area (Å²) in [4.78, 5) is 57.9. The Kier molecular flexibility index (Phi) is 18.0. The fraction of sp³-hybridized carbons (Fsp3) is 0.773. The van der Waals surface area contributed by atoms with Crippen molar-refractivity contribution in [1.82, 2.24) is 4.90 Å². The minimum absolute atomic E-state index is 0.0233. The Balaban J connectivity index is 1.78. The van der Waals surface area contributed by atoms with E-state index < -0.39 is 77.8 Å². The highest BCUT2D eigenvalue weighted by Gasteiger charge is 2.56. The summed E-state index contributed by atoms with van der Waals surface area (Å²) in [7, 11) is 4.79. The van der Waals surface area contributed by atoms with Gasteiger partial charge in [0.15, 0.2) is 0 Å². The zero-order valence-corrected chi connectivity index (χ0v) is 37.5. The molecule has 14 atom stereocenters. The molecule has 1 saturated carbocycles. The molecule has 57 heavy (non-hydrogen) atoms. The van der Waals surface area contributed by atoms with Crippen LogP contribution in [0.2, 0.25) is 0 Å². The molecule has 13 heteroatoms. The van der Waals surface area contributed by atoms with Crippen molar-refractivity contribution >= 4 is 46.0 Å². The summed E-state index contributed by atoms with van der Waals surface area (Å²) < 4.78 is 30.5. The van der Waals surface area contributed by atoms with Crippen molar-refractivity contribution in [2.45, 2.75) is 158 Å². The first-order valence-corrected chi connectivity index (χ1v) is 22.1. The van der Waals surface area contributed by atoms with Crippen LogP contribution in [0, 0.1) is 29.6 Å². The van der Waals surface area contributed by atoms with Crippen molar-refractivity contribution in [3.05, 3.63) is 36.0 Å². The van der Waals surface area contributed by atoms with Gasteiger partial charge in [-0.05, 0) is 95.5 Å². The number of aliphatic hydroxyl groups is 2. The van der Waals surface area contributed by atoms with Crippen LogP contribution in [0.15, 0.2) is 36.0 Å². The third kappa shape index (κ3) is 11.6. The molecule has 0 aromatic rings. The predicted octanol–water partition coefficient (Wildman–Crippen LogP) is 6.08. The Morgan fingerprint density at radius 2 is 1.65 bits per heavy atom. The van der Waals surface area contributed by atoms with Crippen LogP contribution in [-0.2, 0) is 42.9 Å². The first-order valence-electron chi connectivity index (χ1n) is 20.8. The second kappa shape index (κ2) is 21.5. The Morgan fingerprint density at radius 1 is 0.982 bits per heavy atom. The number of methoxy groups -OCH3 is 3. The van der Waals surface area contributed by atoms with Gasteiger partial charge in [-0.2, -0.15) is 0 Å². The zero-order chi connectivity index (χ0) is 42.2. The number of carbonyl (C=O) groups is 4. The van der Waals surface area contributed by atoms with Gasteiger partial charge in [-0.15, -0.1) is 6.58 Å². The molecule has 3 aliphatic heterocycles. The van der Waals surface area contributed by atoms with Gasteiger partial charge in [0.05, 0.1) is 24.4 Å². The van der Waals surface area contributed by atoms with E-state index in [9.17, 15) is 29.4 Å². The van der Waals surface area contributed by atoms with Crippen molar-refractivity contribution in [2.75, 3.05) is 27.9 Å². The lowest BCUT2D eigenvalue weighted by molar-refractivity contribution is -0.302. The minimum atomic E-state index is -2.49. The van der Waals surface area contributed by atoms with E-state index in [4.69, 9.17) is 23.7 Å². The summed E-state index contributed by atoms with van der Waals surface area (Å²) in [6.45, 7) is 13.3. The molecule has 2 N–H and O–H groups in total. The lowest BCUT2D eigenvalue weighted by atomic mass is 9.82. The van der Waals surface area contributed by atoms with Gasteiger partial charge in [-0.3, -0.25) is 14.4 Å². The van der Waals surface area contributed by atoms with E-state index in [-0.39, 0.29) is 49.5 Å². The van der Waals surface area contributed by atoms with Crippen LogP contribution in [0.4, 0.5) is 0 Å². The van der Waals surface area contributed by atoms with Gasteiger partial charge >= 0.3 is 5.97 Å². The Morgan fingerprint density at radius 3 is 2.30 bits per heavy atom. The standard InChI is InChI=1S/C44H68INO11/c1-10-13-31-19-25(2)18-26(3)20-37(54-8)40-38(55-9)22-28(5)44(52,57-40)41(49)42(50)46-17-12-11-14-33(46)43(51)56-39(29(6)34(47)24-35(31)48)27(4)21-30-15-16-32(45)36(23-30)53-7/h10,19,21,26,28-34,36-40,47,52H,1,11-18,20,22-24H2,2-9H3. The van der Waals surface area contributed by atoms with Gasteiger partial charge in [-0.25, -0.2) is 4.79 Å². The highest BCUT2D eigenvalue weighted by atomic mass is 127. The lowest BCUT2D eigenvalue weighted by Crippen LogP contribution is -2.64. The average Bonchev–Trinajstić information content (AvgIpc) is 3.18. The zero-order valence-electron chi connectivity index (χ0n) is 35.3. The molecule has 4 aliphatic rings. The summed E-state index contributed by atoms with van der Waals surface area (Å²) in [5, 5.41) is 23.8. The number of rotatable bonds is 7. The number of allylic oxidation sites excluding steroid dienone is 4. The third-order valence-corrected chi connectivity index (χ3v) is 14.3. The number of alkyl halides is 1. The van der Waals surface area contributed by atoms with E-state index in [1.54, 1.807) is 27.0 Å². The quantitative estimate of drug-likeness (QED) is 0.100. The number of carbonyl (C=O) groups excluding carboxylic acids is 4. The fourth-order valence-electron chi connectivity index (χ4n) is 9.39. The molecule has 322 valence electrons. The molecule has 0 aromatic heterocycles. The van der Waals surface area contributed by atoms with E-state index in [1.165, 1.54) is 19.1 Å². The van der Waals surface area contributed by atoms with Crippen LogP contribution in [0.25, 0.3) is 0 Å². The van der Waals surface area contributed by atoms with Gasteiger partial charge in [-0.1, -0.05) is 67.2 Å². The van der Waals surface area contributed by atoms with Crippen molar-refractivity contribution in [2.24, 2.45) is 29.6 Å². The lowest BCUT2D eigenvalue weighted by Gasteiger charge is -2.47. The number of ketones is 2. The molecule has 4 rings (SSSR count). The normalized spacial score (nSPS) is 40.1. The van der Waals surface area contributed by atoms with E-state index in [0.717, 1.165) is 30.4 Å². The SMILES string of the molecule is C=CCC1C=C(C)CC(C)CC(OC)C2OC(O)(C(=O)C(=O)N3CCCCC3C(=O)OC(C(C)=CC3CCC(I)C(OC)C3)C(C)C(O)CC1=O)C(C)CC2OC. The van der Waals surface area contributed by atoms with Crippen molar-refractivity contribution in [1.29, 1.82) is 0 Å². The fourth-order valence-corrected chi connectivity index (χ4v) is 10.3. The predicted molar refractivity (Wildman–Crippen MR) is 224 cm³/mol. The molecule has 14 unspecified atom stereocenters. The van der Waals surface area contributed by atoms with E-state index in [2.05, 4.69) is 42.2 Å². The molecular weight excluding hydrogens is 845 g/mol. The summed E-state index contributed by atoms with van der Waals surface area (Å²) >= 11 is 2.43. The van der Waals surface area contributed by atoms with Gasteiger partial charge in [0, 0.05) is 56.0 Å². The Bertz CT molecular complexity index is 1480. The number of piperidine rings is 1. The molecule has 0 radical (unpaired) electrons. The number of ether oxygens (including phenoxy) is 5. The molecule has 1 aliphatic carbocycles. The first-order chi connectivity index (χ1) is 27.0. The summed E-state index contributed by atoms with van der Waals surface area (Å²) in [6, 6.07) is -1.11. The number of fused-ring (bicyclic) bond motifs is 3. The molecule has 2 bridgehead atoms. The molecular formula is C44H68INO11. The summed E-state index contributed by atoms with van der Waals surface area (Å²) in [6.07, 6.45) is 7.31. The van der Waals surface area contributed by atoms with Gasteiger partial charge in [0.2, 0.25) is 5.79 Å². The number of hydrogen-bond donors (Lipinski definition) is 2. The molecule has 2 saturated heterocycles. The summed E-state index contributed by atoms with van der Waals surface area (Å²) in [5.74, 6) is -7.38. The van der Waals surface area contributed by atoms with Crippen LogP contribution < -0.4 is 0 Å². The maximum atomic E-state index is 14.3. The Hall–Kier alpha value is -2.01. The van der Waals surface area contributed by atoms with Crippen LogP contribution in [0.5, 0.6) is 0 Å². The maximum absolute atomic E-state index is 14.3. The monoisotopic (exact) mass is 913 g/mol. The second-order valence-electron chi connectivity index (χ2n) is 17.2. The highest BCUT2D eigenvalue weighted by molar-refractivity contribution is 14.1. The van der Waals surface area contributed by atoms with Crippen LogP contribution in [0.3, 0.4) is 0 Å². The number of hydrogen-bond acceptors (Lipinski definition) is 11. The van der Waals surface area contributed by atoms with E-state index >= 15 is 0 Å². The van der Waals surface area contributed by atoms with Crippen LogP contribution in [0.1, 0.15) is 105 Å². The number of nitrogens with zero attached hydrogens (tertiary/aromatic N) is 1. The van der Waals surface area contributed by atoms with E-state index in [1.807, 2.05) is 19.9 Å². The number of esters is 1. The number of aliphatic hydroxyl groups excluding tert-OH is 1. The van der Waals surface area contributed by atoms with Crippen molar-refractivity contribution in [3.8, 4) is 0 Å². The molecule has 0 spiro atoms. The highest BCUT2D eigenvalue weighted by Crippen LogP contribution is 2.39. The minimum Gasteiger partial charge on any atom is -0.456 e. The first kappa shape index (κ1) is 47.7. The van der Waals surface area contributed by atoms with Gasteiger partial charge < -0.3 is 38.8 Å². The number of Topliss-reactive ketones (excluding diaryl/α,β-unsaturated/α-hetero) is 2. The maximum Gasteiger partial charge on any atom is 0.329 e. The number of amides is 1.